The van der Waals surface area contributed by atoms with Crippen LogP contribution in [0, 0.1) is 11.3 Å². The van der Waals surface area contributed by atoms with Crippen molar-refractivity contribution in [2.24, 2.45) is 0 Å². The zero-order valence-corrected chi connectivity index (χ0v) is 21.6. The van der Waals surface area contributed by atoms with Crippen molar-refractivity contribution in [1.82, 2.24) is 9.97 Å². The maximum absolute atomic E-state index is 9.20. The topological polar surface area (TPSA) is 49.6 Å². The van der Waals surface area contributed by atoms with Gasteiger partial charge in [0.05, 0.1) is 22.8 Å². The minimum absolute atomic E-state index is 0.658. The van der Waals surface area contributed by atoms with E-state index in [-0.39, 0.29) is 0 Å². The Labute approximate surface area is 232 Å². The van der Waals surface area contributed by atoms with Gasteiger partial charge in [-0.15, -0.1) is 0 Å². The van der Waals surface area contributed by atoms with Gasteiger partial charge in [0.25, 0.3) is 0 Å². The van der Waals surface area contributed by atoms with E-state index in [9.17, 15) is 5.26 Å². The van der Waals surface area contributed by atoms with E-state index in [1.54, 1.807) is 0 Å². The van der Waals surface area contributed by atoms with E-state index in [0.717, 1.165) is 60.8 Å². The van der Waals surface area contributed by atoms with Crippen LogP contribution in [-0.4, -0.2) is 9.97 Å². The molecule has 0 N–H and O–H groups in total. The van der Waals surface area contributed by atoms with Crippen LogP contribution in [0.15, 0.2) is 140 Å². The smallest absolute Gasteiger partial charge is 0.161 e. The summed E-state index contributed by atoms with van der Waals surface area (Å²) in [5.74, 6) is 0.717. The first-order chi connectivity index (χ1) is 19.8. The van der Waals surface area contributed by atoms with Crippen LogP contribution in [-0.2, 0) is 0 Å². The summed E-state index contributed by atoms with van der Waals surface area (Å²) in [7, 11) is 0. The minimum Gasteiger partial charge on any atom is -0.228 e. The summed E-state index contributed by atoms with van der Waals surface area (Å²) in [5, 5.41) is 12.5. The van der Waals surface area contributed by atoms with Gasteiger partial charge in [0, 0.05) is 16.5 Å². The Bertz CT molecular complexity index is 2050. The largest absolute Gasteiger partial charge is 0.228 e. The maximum atomic E-state index is 9.20. The van der Waals surface area contributed by atoms with E-state index in [0.29, 0.717) is 11.4 Å². The minimum atomic E-state index is 0.658. The highest BCUT2D eigenvalue weighted by Gasteiger charge is 2.14. The second-order valence-electron chi connectivity index (χ2n) is 9.76. The van der Waals surface area contributed by atoms with E-state index < -0.39 is 0 Å². The molecule has 0 bridgehead atoms. The molecule has 40 heavy (non-hydrogen) atoms. The van der Waals surface area contributed by atoms with Gasteiger partial charge in [-0.3, -0.25) is 0 Å². The van der Waals surface area contributed by atoms with Crippen molar-refractivity contribution in [3.8, 4) is 51.0 Å². The summed E-state index contributed by atoms with van der Waals surface area (Å²) >= 11 is 0. The Hall–Kier alpha value is -5.59. The van der Waals surface area contributed by atoms with Gasteiger partial charge in [0.1, 0.15) is 0 Å². The third-order valence-corrected chi connectivity index (χ3v) is 7.33. The van der Waals surface area contributed by atoms with Crippen LogP contribution < -0.4 is 0 Å². The molecule has 186 valence electrons. The van der Waals surface area contributed by atoms with Gasteiger partial charge in [0.15, 0.2) is 5.82 Å². The fraction of sp³-hybridized carbons (Fsp3) is 0. The van der Waals surface area contributed by atoms with Gasteiger partial charge in [0.2, 0.25) is 0 Å². The van der Waals surface area contributed by atoms with Crippen molar-refractivity contribution in [3.05, 3.63) is 145 Å². The van der Waals surface area contributed by atoms with E-state index in [1.165, 1.54) is 0 Å². The molecule has 0 aliphatic heterocycles. The number of para-hydroxylation sites is 1. The lowest BCUT2D eigenvalue weighted by Gasteiger charge is -2.13. The van der Waals surface area contributed by atoms with Crippen LogP contribution in [0.5, 0.6) is 0 Å². The molecule has 0 saturated carbocycles. The number of nitriles is 1. The normalized spacial score (nSPS) is 11.0. The summed E-state index contributed by atoms with van der Waals surface area (Å²) in [6, 6.07) is 49.8. The molecule has 0 saturated heterocycles. The number of fused-ring (bicyclic) bond motifs is 2. The molecule has 3 nitrogen and oxygen atoms in total. The van der Waals surface area contributed by atoms with Crippen LogP contribution in [0.2, 0.25) is 0 Å². The maximum Gasteiger partial charge on any atom is 0.161 e. The van der Waals surface area contributed by atoms with Gasteiger partial charge in [-0.2, -0.15) is 5.26 Å². The van der Waals surface area contributed by atoms with Crippen molar-refractivity contribution in [3.63, 3.8) is 0 Å². The average molecular weight is 510 g/mol. The highest BCUT2D eigenvalue weighted by Crippen LogP contribution is 2.36. The van der Waals surface area contributed by atoms with Gasteiger partial charge in [-0.25, -0.2) is 9.97 Å². The molecular formula is C37H23N3. The van der Waals surface area contributed by atoms with E-state index in [2.05, 4.69) is 91.0 Å². The number of nitrogens with zero attached hydrogens (tertiary/aromatic N) is 3. The van der Waals surface area contributed by atoms with Crippen LogP contribution in [0.3, 0.4) is 0 Å². The molecule has 7 aromatic rings. The molecule has 7 rings (SSSR count). The van der Waals surface area contributed by atoms with Gasteiger partial charge in [-0.05, 0) is 57.3 Å². The quantitative estimate of drug-likeness (QED) is 0.237. The number of aromatic nitrogens is 2. The molecule has 0 amide bonds. The van der Waals surface area contributed by atoms with Gasteiger partial charge in [-0.1, -0.05) is 115 Å². The molecule has 0 aliphatic rings. The standard InChI is InChI=1S/C37H23N3/c38-24-25-17-19-26(20-18-25)30-12-4-5-13-31(30)29-21-22-32-28(23-29)11-8-15-33(32)37-39-35-16-7-6-14-34(35)36(40-37)27-9-2-1-3-10-27/h1-23H. The first kappa shape index (κ1) is 23.5. The highest BCUT2D eigenvalue weighted by atomic mass is 14.9. The lowest BCUT2D eigenvalue weighted by atomic mass is 9.92. The van der Waals surface area contributed by atoms with E-state index >= 15 is 0 Å². The summed E-state index contributed by atoms with van der Waals surface area (Å²) in [6.45, 7) is 0. The zero-order chi connectivity index (χ0) is 26.9. The van der Waals surface area contributed by atoms with Crippen molar-refractivity contribution >= 4 is 21.7 Å². The zero-order valence-electron chi connectivity index (χ0n) is 21.6. The van der Waals surface area contributed by atoms with Crippen LogP contribution in [0.25, 0.3) is 66.6 Å². The summed E-state index contributed by atoms with van der Waals surface area (Å²) in [5.41, 5.74) is 9.10. The first-order valence-electron chi connectivity index (χ1n) is 13.2. The van der Waals surface area contributed by atoms with Crippen molar-refractivity contribution < 1.29 is 0 Å². The molecule has 0 spiro atoms. The van der Waals surface area contributed by atoms with E-state index in [1.807, 2.05) is 54.6 Å². The molecule has 0 atom stereocenters. The molecule has 0 fully saturated rings. The molecular weight excluding hydrogens is 486 g/mol. The number of benzene rings is 6. The number of hydrogen-bond donors (Lipinski definition) is 0. The Balaban J connectivity index is 1.37. The van der Waals surface area contributed by atoms with Gasteiger partial charge >= 0.3 is 0 Å². The second kappa shape index (κ2) is 9.94. The second-order valence-corrected chi connectivity index (χ2v) is 9.76. The summed E-state index contributed by atoms with van der Waals surface area (Å²) in [4.78, 5) is 10.1. The molecule has 1 aromatic heterocycles. The molecule has 0 aliphatic carbocycles. The predicted octanol–water partition coefficient (Wildman–Crippen LogP) is 9.32. The Morgan fingerprint density at radius 1 is 0.475 bits per heavy atom. The third kappa shape index (κ3) is 4.18. The van der Waals surface area contributed by atoms with Crippen LogP contribution >= 0.6 is 0 Å². The predicted molar refractivity (Wildman–Crippen MR) is 164 cm³/mol. The number of hydrogen-bond acceptors (Lipinski definition) is 3. The monoisotopic (exact) mass is 509 g/mol. The summed E-state index contributed by atoms with van der Waals surface area (Å²) < 4.78 is 0. The lowest BCUT2D eigenvalue weighted by molar-refractivity contribution is 1.23. The molecule has 3 heteroatoms. The van der Waals surface area contributed by atoms with Crippen molar-refractivity contribution in [1.29, 1.82) is 5.26 Å². The van der Waals surface area contributed by atoms with E-state index in [4.69, 9.17) is 9.97 Å². The highest BCUT2D eigenvalue weighted by molar-refractivity contribution is 6.00. The number of rotatable bonds is 4. The SMILES string of the molecule is N#Cc1ccc(-c2ccccc2-c2ccc3c(-c4nc(-c5ccccc5)c5ccccc5n4)cccc3c2)cc1. The molecule has 0 radical (unpaired) electrons. The Morgan fingerprint density at radius 2 is 1.15 bits per heavy atom. The average Bonchev–Trinajstić information content (AvgIpc) is 3.04. The Kier molecular flexibility index (Phi) is 5.85. The Morgan fingerprint density at radius 3 is 1.95 bits per heavy atom. The van der Waals surface area contributed by atoms with Crippen molar-refractivity contribution in [2.45, 2.75) is 0 Å². The lowest BCUT2D eigenvalue weighted by Crippen LogP contribution is -1.96. The van der Waals surface area contributed by atoms with Crippen LogP contribution in [0.4, 0.5) is 0 Å². The fourth-order valence-electron chi connectivity index (χ4n) is 5.37. The van der Waals surface area contributed by atoms with Crippen molar-refractivity contribution in [2.75, 3.05) is 0 Å². The first-order valence-corrected chi connectivity index (χ1v) is 13.2. The van der Waals surface area contributed by atoms with Gasteiger partial charge < -0.3 is 0 Å². The fourth-order valence-corrected chi connectivity index (χ4v) is 5.37. The van der Waals surface area contributed by atoms with Crippen LogP contribution in [0.1, 0.15) is 5.56 Å². The molecule has 6 aromatic carbocycles. The molecule has 1 heterocycles. The molecule has 0 unspecified atom stereocenters. The third-order valence-electron chi connectivity index (χ3n) is 7.33. The summed E-state index contributed by atoms with van der Waals surface area (Å²) in [6.07, 6.45) is 0.